The molecule has 5 rings (SSSR count). The summed E-state index contributed by atoms with van der Waals surface area (Å²) in [4.78, 5) is 0. The van der Waals surface area contributed by atoms with Gasteiger partial charge < -0.3 is 4.42 Å². The van der Waals surface area contributed by atoms with Crippen LogP contribution in [0.5, 0.6) is 0 Å². The molecule has 0 saturated carbocycles. The molecule has 3 heteroatoms. The van der Waals surface area contributed by atoms with E-state index < -0.39 is 0 Å². The van der Waals surface area contributed by atoms with Crippen molar-refractivity contribution < 1.29 is 8.98 Å². The second-order valence-electron chi connectivity index (χ2n) is 9.33. The topological polar surface area (TPSA) is 21.9 Å². The van der Waals surface area contributed by atoms with Gasteiger partial charge in [-0.05, 0) is 41.8 Å². The van der Waals surface area contributed by atoms with Crippen LogP contribution in [0.2, 0.25) is 0 Å². The SMILES string of the molecule is Cc1ccc2cccc3oc4c(CC(C)(C)C)c5cc[n+](C)c5n(C)c4c1c23. The summed E-state index contributed by atoms with van der Waals surface area (Å²) in [6, 6.07) is 13.0. The molecule has 28 heavy (non-hydrogen) atoms. The normalized spacial score (nSPS) is 12.8. The van der Waals surface area contributed by atoms with Crippen LogP contribution in [0, 0.1) is 12.3 Å². The van der Waals surface area contributed by atoms with Gasteiger partial charge in [-0.15, -0.1) is 0 Å². The predicted octanol–water partition coefficient (Wildman–Crippen LogP) is 5.95. The smallest absolute Gasteiger partial charge is 0.289 e. The Hall–Kier alpha value is -2.81. The highest BCUT2D eigenvalue weighted by atomic mass is 16.3. The van der Waals surface area contributed by atoms with E-state index in [2.05, 4.69) is 93.5 Å². The van der Waals surface area contributed by atoms with Crippen molar-refractivity contribution in [3.05, 3.63) is 53.7 Å². The lowest BCUT2D eigenvalue weighted by molar-refractivity contribution is -0.645. The first-order chi connectivity index (χ1) is 13.3. The lowest BCUT2D eigenvalue weighted by Crippen LogP contribution is -2.28. The molecule has 3 heterocycles. The highest BCUT2D eigenvalue weighted by Crippen LogP contribution is 2.40. The zero-order chi connectivity index (χ0) is 19.8. The zero-order valence-corrected chi connectivity index (χ0v) is 17.6. The van der Waals surface area contributed by atoms with E-state index >= 15 is 0 Å². The van der Waals surface area contributed by atoms with Crippen molar-refractivity contribution in [3.8, 4) is 0 Å². The molecule has 0 spiro atoms. The number of pyridine rings is 1. The van der Waals surface area contributed by atoms with Crippen molar-refractivity contribution in [2.45, 2.75) is 34.1 Å². The minimum absolute atomic E-state index is 0.165. The van der Waals surface area contributed by atoms with Crippen molar-refractivity contribution in [1.82, 2.24) is 4.57 Å². The van der Waals surface area contributed by atoms with Crippen LogP contribution in [0.25, 0.3) is 43.9 Å². The molecular weight excluding hydrogens is 344 g/mol. The zero-order valence-electron chi connectivity index (χ0n) is 17.6. The number of aryl methyl sites for hydroxylation is 3. The second-order valence-corrected chi connectivity index (χ2v) is 9.33. The minimum Gasteiger partial charge on any atom is -0.452 e. The van der Waals surface area contributed by atoms with E-state index in [0.29, 0.717) is 0 Å². The van der Waals surface area contributed by atoms with Gasteiger partial charge in [0.2, 0.25) is 0 Å². The molecule has 0 N–H and O–H groups in total. The average molecular weight is 372 g/mol. The van der Waals surface area contributed by atoms with Crippen LogP contribution >= 0.6 is 0 Å². The Morgan fingerprint density at radius 1 is 1.04 bits per heavy atom. The Bertz CT molecular complexity index is 1390. The summed E-state index contributed by atoms with van der Waals surface area (Å²) in [5.41, 5.74) is 7.17. The number of rotatable bonds is 1. The average Bonchev–Trinajstić information content (AvgIpc) is 3.02. The standard InChI is InChI=1S/C25H27N2O/c1-15-10-11-16-8-7-9-19-21(16)20(15)22-23(28-19)18(14-25(2,3)4)17-12-13-26(5)24(17)27(22)6/h7-13H,14H2,1-6H3/q+1. The summed E-state index contributed by atoms with van der Waals surface area (Å²) in [6.07, 6.45) is 3.12. The minimum atomic E-state index is 0.165. The van der Waals surface area contributed by atoms with Crippen LogP contribution < -0.4 is 4.57 Å². The van der Waals surface area contributed by atoms with Crippen LogP contribution in [-0.4, -0.2) is 4.57 Å². The molecule has 0 fully saturated rings. The van der Waals surface area contributed by atoms with E-state index in [1.807, 2.05) is 0 Å². The molecule has 5 aromatic rings. The van der Waals surface area contributed by atoms with Gasteiger partial charge in [0, 0.05) is 16.3 Å². The number of benzene rings is 2. The lowest BCUT2D eigenvalue weighted by Gasteiger charge is -2.20. The van der Waals surface area contributed by atoms with Crippen molar-refractivity contribution in [2.75, 3.05) is 0 Å². The second kappa shape index (κ2) is 5.60. The maximum Gasteiger partial charge on any atom is 0.289 e. The molecule has 0 unspecified atom stereocenters. The number of aromatic nitrogens is 2. The van der Waals surface area contributed by atoms with E-state index in [0.717, 1.165) is 17.6 Å². The van der Waals surface area contributed by atoms with Gasteiger partial charge in [0.1, 0.15) is 5.58 Å². The van der Waals surface area contributed by atoms with E-state index in [9.17, 15) is 0 Å². The van der Waals surface area contributed by atoms with Gasteiger partial charge >= 0.3 is 0 Å². The Morgan fingerprint density at radius 2 is 1.82 bits per heavy atom. The summed E-state index contributed by atoms with van der Waals surface area (Å²) < 4.78 is 11.2. The molecule has 142 valence electrons. The summed E-state index contributed by atoms with van der Waals surface area (Å²) in [6.45, 7) is 9.09. The van der Waals surface area contributed by atoms with E-state index in [1.165, 1.54) is 43.8 Å². The van der Waals surface area contributed by atoms with Crippen LogP contribution in [-0.2, 0) is 20.5 Å². The molecule has 0 aliphatic heterocycles. The van der Waals surface area contributed by atoms with Gasteiger partial charge in [0.15, 0.2) is 11.1 Å². The molecule has 0 aliphatic rings. The highest BCUT2D eigenvalue weighted by molar-refractivity contribution is 6.19. The quantitative estimate of drug-likeness (QED) is 0.203. The van der Waals surface area contributed by atoms with E-state index in [1.54, 1.807) is 0 Å². The maximum atomic E-state index is 6.65. The molecule has 0 bridgehead atoms. The third kappa shape index (κ3) is 2.32. The first-order valence-corrected chi connectivity index (χ1v) is 9.97. The Balaban J connectivity index is 2.13. The third-order valence-electron chi connectivity index (χ3n) is 5.88. The molecule has 3 aromatic heterocycles. The van der Waals surface area contributed by atoms with Gasteiger partial charge in [0.25, 0.3) is 5.65 Å². The number of hydrogen-bond donors (Lipinski definition) is 0. The summed E-state index contributed by atoms with van der Waals surface area (Å²) in [7, 11) is 4.29. The molecular formula is C25H27N2O+. The number of nitrogens with zero attached hydrogens (tertiary/aromatic N) is 2. The third-order valence-corrected chi connectivity index (χ3v) is 5.88. The molecule has 2 aromatic carbocycles. The fourth-order valence-electron chi connectivity index (χ4n) is 4.74. The first-order valence-electron chi connectivity index (χ1n) is 9.97. The fourth-order valence-corrected chi connectivity index (χ4v) is 4.74. The van der Waals surface area contributed by atoms with Crippen LogP contribution in [0.1, 0.15) is 31.9 Å². The highest BCUT2D eigenvalue weighted by Gasteiger charge is 2.27. The Kier molecular flexibility index (Phi) is 3.46. The van der Waals surface area contributed by atoms with Crippen LogP contribution in [0.3, 0.4) is 0 Å². The van der Waals surface area contributed by atoms with Crippen molar-refractivity contribution in [1.29, 1.82) is 0 Å². The van der Waals surface area contributed by atoms with Gasteiger partial charge in [0.05, 0.1) is 25.7 Å². The number of fused-ring (bicyclic) bond motifs is 3. The first kappa shape index (κ1) is 17.3. The van der Waals surface area contributed by atoms with Crippen molar-refractivity contribution in [3.63, 3.8) is 0 Å². The van der Waals surface area contributed by atoms with Crippen LogP contribution in [0.4, 0.5) is 0 Å². The summed E-state index contributed by atoms with van der Waals surface area (Å²) in [5, 5.41) is 5.03. The summed E-state index contributed by atoms with van der Waals surface area (Å²) >= 11 is 0. The monoisotopic (exact) mass is 371 g/mol. The van der Waals surface area contributed by atoms with Gasteiger partial charge in [-0.2, -0.15) is 0 Å². The number of hydrogen-bond acceptors (Lipinski definition) is 1. The van der Waals surface area contributed by atoms with E-state index in [-0.39, 0.29) is 5.41 Å². The molecule has 0 atom stereocenters. The van der Waals surface area contributed by atoms with Crippen LogP contribution in [0.15, 0.2) is 47.0 Å². The molecule has 0 aliphatic carbocycles. The van der Waals surface area contributed by atoms with Gasteiger partial charge in [-0.3, -0.25) is 0 Å². The predicted molar refractivity (Wildman–Crippen MR) is 117 cm³/mol. The van der Waals surface area contributed by atoms with Gasteiger partial charge in [-0.1, -0.05) is 45.0 Å². The van der Waals surface area contributed by atoms with Crippen molar-refractivity contribution >= 4 is 43.9 Å². The fraction of sp³-hybridized carbons (Fsp3) is 0.320. The maximum absolute atomic E-state index is 6.65. The largest absolute Gasteiger partial charge is 0.452 e. The van der Waals surface area contributed by atoms with E-state index in [4.69, 9.17) is 4.42 Å². The van der Waals surface area contributed by atoms with Gasteiger partial charge in [-0.25, -0.2) is 9.13 Å². The lowest BCUT2D eigenvalue weighted by atomic mass is 9.86. The molecule has 0 amide bonds. The molecule has 0 saturated heterocycles. The molecule has 0 radical (unpaired) electrons. The summed E-state index contributed by atoms with van der Waals surface area (Å²) in [5.74, 6) is 0. The Labute approximate surface area is 165 Å². The van der Waals surface area contributed by atoms with Crippen molar-refractivity contribution in [2.24, 2.45) is 19.5 Å². The molecule has 3 nitrogen and oxygen atoms in total. The Morgan fingerprint density at radius 3 is 2.57 bits per heavy atom.